The van der Waals surface area contributed by atoms with Gasteiger partial charge < -0.3 is 14.5 Å². The Morgan fingerprint density at radius 3 is 2.38 bits per heavy atom. The summed E-state index contributed by atoms with van der Waals surface area (Å²) in [6.07, 6.45) is 2.35. The van der Waals surface area contributed by atoms with E-state index in [0.29, 0.717) is 39.1 Å². The first-order chi connectivity index (χ1) is 12.6. The van der Waals surface area contributed by atoms with Crippen LogP contribution < -0.4 is 0 Å². The van der Waals surface area contributed by atoms with Crippen LogP contribution in [0, 0.1) is 11.7 Å². The SMILES string of the molecule is CCOCC(=O)N1CCC(C(=O)N2CCC(c3ccc(F)cc3)C2)CC1. The van der Waals surface area contributed by atoms with Gasteiger partial charge in [0.2, 0.25) is 11.8 Å². The summed E-state index contributed by atoms with van der Waals surface area (Å²) in [5.41, 5.74) is 1.10. The van der Waals surface area contributed by atoms with E-state index in [1.807, 2.05) is 24.0 Å². The van der Waals surface area contributed by atoms with Crippen LogP contribution in [0.2, 0.25) is 0 Å². The Bertz CT molecular complexity index is 626. The second-order valence-electron chi connectivity index (χ2n) is 7.11. The van der Waals surface area contributed by atoms with E-state index in [2.05, 4.69) is 0 Å². The second kappa shape index (κ2) is 8.62. The van der Waals surface area contributed by atoms with Gasteiger partial charge in [-0.15, -0.1) is 0 Å². The molecule has 5 nitrogen and oxygen atoms in total. The van der Waals surface area contributed by atoms with Gasteiger partial charge in [0, 0.05) is 44.6 Å². The van der Waals surface area contributed by atoms with Crippen molar-refractivity contribution >= 4 is 11.8 Å². The topological polar surface area (TPSA) is 49.9 Å². The standard InChI is InChI=1S/C20H27FN2O3/c1-2-26-14-19(24)22-10-7-16(8-11-22)20(25)23-12-9-17(13-23)15-3-5-18(21)6-4-15/h3-6,16-17H,2,7-14H2,1H3. The van der Waals surface area contributed by atoms with Crippen molar-refractivity contribution in [3.63, 3.8) is 0 Å². The molecule has 2 saturated heterocycles. The minimum absolute atomic E-state index is 0.00175. The van der Waals surface area contributed by atoms with Crippen LogP contribution in [0.25, 0.3) is 0 Å². The van der Waals surface area contributed by atoms with Gasteiger partial charge in [-0.1, -0.05) is 12.1 Å². The van der Waals surface area contributed by atoms with Crippen molar-refractivity contribution in [3.05, 3.63) is 35.6 Å². The summed E-state index contributed by atoms with van der Waals surface area (Å²) >= 11 is 0. The molecular weight excluding hydrogens is 335 g/mol. The molecule has 26 heavy (non-hydrogen) atoms. The number of halogens is 1. The van der Waals surface area contributed by atoms with Gasteiger partial charge in [0.1, 0.15) is 12.4 Å². The highest BCUT2D eigenvalue weighted by atomic mass is 19.1. The van der Waals surface area contributed by atoms with Crippen LogP contribution in [0.1, 0.15) is 37.7 Å². The predicted octanol–water partition coefficient (Wildman–Crippen LogP) is 2.42. The van der Waals surface area contributed by atoms with Crippen LogP contribution in [0.4, 0.5) is 4.39 Å². The predicted molar refractivity (Wildman–Crippen MR) is 96.1 cm³/mol. The van der Waals surface area contributed by atoms with E-state index in [9.17, 15) is 14.0 Å². The molecule has 2 aliphatic rings. The van der Waals surface area contributed by atoms with E-state index >= 15 is 0 Å². The molecule has 6 heteroatoms. The zero-order valence-corrected chi connectivity index (χ0v) is 15.3. The Morgan fingerprint density at radius 1 is 1.08 bits per heavy atom. The number of nitrogens with zero attached hydrogens (tertiary/aromatic N) is 2. The molecule has 2 amide bonds. The molecule has 2 heterocycles. The number of rotatable bonds is 5. The lowest BCUT2D eigenvalue weighted by molar-refractivity contribution is -0.142. The average Bonchev–Trinajstić information content (AvgIpc) is 3.16. The van der Waals surface area contributed by atoms with Crippen molar-refractivity contribution in [3.8, 4) is 0 Å². The van der Waals surface area contributed by atoms with Gasteiger partial charge in [-0.05, 0) is 43.9 Å². The minimum Gasteiger partial charge on any atom is -0.372 e. The fraction of sp³-hybridized carbons (Fsp3) is 0.600. The minimum atomic E-state index is -0.231. The fourth-order valence-corrected chi connectivity index (χ4v) is 3.88. The Hall–Kier alpha value is -1.95. The van der Waals surface area contributed by atoms with Gasteiger partial charge in [-0.2, -0.15) is 0 Å². The molecule has 0 aromatic heterocycles. The molecule has 1 aromatic carbocycles. The lowest BCUT2D eigenvalue weighted by Gasteiger charge is -2.33. The van der Waals surface area contributed by atoms with E-state index in [-0.39, 0.29) is 36.1 Å². The maximum Gasteiger partial charge on any atom is 0.248 e. The summed E-state index contributed by atoms with van der Waals surface area (Å²) in [7, 11) is 0. The van der Waals surface area contributed by atoms with Gasteiger partial charge in [0.25, 0.3) is 0 Å². The van der Waals surface area contributed by atoms with Crippen LogP contribution >= 0.6 is 0 Å². The molecule has 1 unspecified atom stereocenters. The first-order valence-electron chi connectivity index (χ1n) is 9.48. The van der Waals surface area contributed by atoms with E-state index in [1.54, 1.807) is 4.90 Å². The van der Waals surface area contributed by atoms with Gasteiger partial charge in [0.15, 0.2) is 0 Å². The molecule has 2 fully saturated rings. The monoisotopic (exact) mass is 362 g/mol. The van der Waals surface area contributed by atoms with Crippen molar-refractivity contribution < 1.29 is 18.7 Å². The second-order valence-corrected chi connectivity index (χ2v) is 7.11. The van der Waals surface area contributed by atoms with Crippen LogP contribution in [0.5, 0.6) is 0 Å². The molecule has 142 valence electrons. The number of piperidine rings is 1. The van der Waals surface area contributed by atoms with E-state index in [4.69, 9.17) is 4.74 Å². The molecule has 0 spiro atoms. The number of hydrogen-bond acceptors (Lipinski definition) is 3. The molecule has 0 aliphatic carbocycles. The highest BCUT2D eigenvalue weighted by molar-refractivity contribution is 5.81. The first kappa shape index (κ1) is 18.8. The smallest absolute Gasteiger partial charge is 0.248 e. The van der Waals surface area contributed by atoms with Crippen molar-refractivity contribution in [2.45, 2.75) is 32.1 Å². The van der Waals surface area contributed by atoms with Crippen molar-refractivity contribution in [1.82, 2.24) is 9.80 Å². The Balaban J connectivity index is 1.48. The van der Waals surface area contributed by atoms with Gasteiger partial charge in [0.05, 0.1) is 0 Å². The highest BCUT2D eigenvalue weighted by Gasteiger charge is 2.34. The van der Waals surface area contributed by atoms with E-state index in [0.717, 1.165) is 18.5 Å². The Kier molecular flexibility index (Phi) is 6.25. The number of carbonyl (C=O) groups excluding carboxylic acids is 2. The van der Waals surface area contributed by atoms with Crippen LogP contribution in [0.3, 0.4) is 0 Å². The fourth-order valence-electron chi connectivity index (χ4n) is 3.88. The van der Waals surface area contributed by atoms with Crippen molar-refractivity contribution in [1.29, 1.82) is 0 Å². The summed E-state index contributed by atoms with van der Waals surface area (Å²) in [5, 5.41) is 0. The molecule has 2 aliphatic heterocycles. The lowest BCUT2D eigenvalue weighted by Crippen LogP contribution is -2.44. The maximum atomic E-state index is 13.1. The van der Waals surface area contributed by atoms with Crippen molar-refractivity contribution in [2.75, 3.05) is 39.4 Å². The molecule has 0 bridgehead atoms. The number of benzene rings is 1. The van der Waals surface area contributed by atoms with Crippen LogP contribution in [-0.2, 0) is 14.3 Å². The third kappa shape index (κ3) is 4.41. The highest BCUT2D eigenvalue weighted by Crippen LogP contribution is 2.30. The number of likely N-dealkylation sites (tertiary alicyclic amines) is 2. The quantitative estimate of drug-likeness (QED) is 0.808. The normalized spacial score (nSPS) is 21.2. The van der Waals surface area contributed by atoms with Crippen LogP contribution in [-0.4, -0.2) is 61.0 Å². The van der Waals surface area contributed by atoms with Gasteiger partial charge in [-0.3, -0.25) is 9.59 Å². The van der Waals surface area contributed by atoms with E-state index in [1.165, 1.54) is 12.1 Å². The van der Waals surface area contributed by atoms with Crippen LogP contribution in [0.15, 0.2) is 24.3 Å². The zero-order chi connectivity index (χ0) is 18.5. The molecular formula is C20H27FN2O3. The lowest BCUT2D eigenvalue weighted by atomic mass is 9.95. The molecule has 1 aromatic rings. The first-order valence-corrected chi connectivity index (χ1v) is 9.48. The molecule has 1 atom stereocenters. The zero-order valence-electron chi connectivity index (χ0n) is 15.3. The number of hydrogen-bond donors (Lipinski definition) is 0. The average molecular weight is 362 g/mol. The third-order valence-electron chi connectivity index (χ3n) is 5.47. The number of amides is 2. The van der Waals surface area contributed by atoms with Crippen molar-refractivity contribution in [2.24, 2.45) is 5.92 Å². The number of ether oxygens (including phenoxy) is 1. The van der Waals surface area contributed by atoms with E-state index < -0.39 is 0 Å². The largest absolute Gasteiger partial charge is 0.372 e. The van der Waals surface area contributed by atoms with Gasteiger partial charge in [-0.25, -0.2) is 4.39 Å². The summed E-state index contributed by atoms with van der Waals surface area (Å²) in [6, 6.07) is 6.59. The Morgan fingerprint density at radius 2 is 1.73 bits per heavy atom. The Labute approximate surface area is 154 Å². The summed E-state index contributed by atoms with van der Waals surface area (Å²) < 4.78 is 18.3. The molecule has 3 rings (SSSR count). The van der Waals surface area contributed by atoms with Gasteiger partial charge >= 0.3 is 0 Å². The number of carbonyl (C=O) groups is 2. The molecule has 0 radical (unpaired) electrons. The maximum absolute atomic E-state index is 13.1. The molecule has 0 N–H and O–H groups in total. The third-order valence-corrected chi connectivity index (χ3v) is 5.47. The summed E-state index contributed by atoms with van der Waals surface area (Å²) in [6.45, 7) is 5.23. The summed E-state index contributed by atoms with van der Waals surface area (Å²) in [4.78, 5) is 28.5. The molecule has 0 saturated carbocycles. The summed E-state index contributed by atoms with van der Waals surface area (Å²) in [5.74, 6) is 0.262.